The lowest BCUT2D eigenvalue weighted by molar-refractivity contribution is -0.115. The van der Waals surface area contributed by atoms with Crippen LogP contribution in [0.1, 0.15) is 30.3 Å². The van der Waals surface area contributed by atoms with Gasteiger partial charge in [0.05, 0.1) is 5.69 Å². The van der Waals surface area contributed by atoms with Crippen molar-refractivity contribution in [3.8, 4) is 0 Å². The smallest absolute Gasteiger partial charge is 0.158 e. The lowest BCUT2D eigenvalue weighted by atomic mass is 10.0. The zero-order valence-electron chi connectivity index (χ0n) is 9.92. The minimum atomic E-state index is 0.137. The number of nitrogens with zero attached hydrogens (tertiary/aromatic N) is 2. The Hall–Kier alpha value is -1.38. The molecule has 0 fully saturated rings. The second kappa shape index (κ2) is 4.43. The maximum Gasteiger partial charge on any atom is 0.158 e. The van der Waals surface area contributed by atoms with Gasteiger partial charge in [-0.25, -0.2) is 0 Å². The second-order valence-corrected chi connectivity index (χ2v) is 3.98. The molecule has 3 nitrogen and oxygen atoms in total. The highest BCUT2D eigenvalue weighted by atomic mass is 16.1. The average Bonchev–Trinajstić information content (AvgIpc) is 2.38. The van der Waals surface area contributed by atoms with E-state index in [-0.39, 0.29) is 5.78 Å². The fourth-order valence-corrected chi connectivity index (χ4v) is 1.63. The summed E-state index contributed by atoms with van der Waals surface area (Å²) in [6.45, 7) is 9.41. The summed E-state index contributed by atoms with van der Waals surface area (Å²) >= 11 is 0. The summed E-state index contributed by atoms with van der Waals surface area (Å²) in [6, 6.07) is 0. The fourth-order valence-electron chi connectivity index (χ4n) is 1.63. The second-order valence-electron chi connectivity index (χ2n) is 3.98. The lowest BCUT2D eigenvalue weighted by Crippen LogP contribution is -2.02. The van der Waals surface area contributed by atoms with E-state index in [1.165, 1.54) is 5.56 Å². The predicted molar refractivity (Wildman–Crippen MR) is 60.8 cm³/mol. The molecule has 0 radical (unpaired) electrons. The quantitative estimate of drug-likeness (QED) is 0.707. The van der Waals surface area contributed by atoms with Crippen molar-refractivity contribution in [2.75, 3.05) is 0 Å². The minimum absolute atomic E-state index is 0.137. The third-order valence-electron chi connectivity index (χ3n) is 2.74. The van der Waals surface area contributed by atoms with Crippen LogP contribution in [-0.2, 0) is 18.3 Å². The summed E-state index contributed by atoms with van der Waals surface area (Å²) in [5.74, 6) is 0.137. The van der Waals surface area contributed by atoms with E-state index in [0.717, 1.165) is 17.8 Å². The van der Waals surface area contributed by atoms with E-state index < -0.39 is 0 Å². The summed E-state index contributed by atoms with van der Waals surface area (Å²) in [6.07, 6.45) is 1.29. The largest absolute Gasteiger partial charge is 0.295 e. The molecule has 0 N–H and O–H groups in total. The van der Waals surface area contributed by atoms with Crippen LogP contribution in [0.2, 0.25) is 0 Å². The predicted octanol–water partition coefficient (Wildman–Crippen LogP) is 2.11. The molecule has 0 spiro atoms. The van der Waals surface area contributed by atoms with Crippen LogP contribution in [0, 0.1) is 13.8 Å². The maximum atomic E-state index is 11.4. The Morgan fingerprint density at radius 3 is 2.47 bits per heavy atom. The Morgan fingerprint density at radius 1 is 1.47 bits per heavy atom. The van der Waals surface area contributed by atoms with Gasteiger partial charge in [0.2, 0.25) is 0 Å². The molecule has 82 valence electrons. The molecule has 0 amide bonds. The van der Waals surface area contributed by atoms with Crippen molar-refractivity contribution < 1.29 is 4.79 Å². The van der Waals surface area contributed by atoms with Crippen LogP contribution in [-0.4, -0.2) is 15.6 Å². The standard InChI is InChI=1S/C12H18N2O/c1-8(2)12(15)7-6-11-9(3)13-14(5)10(11)4/h1,6-7H2,2-5H3. The van der Waals surface area contributed by atoms with Crippen LogP contribution in [0.5, 0.6) is 0 Å². The minimum Gasteiger partial charge on any atom is -0.295 e. The molecule has 1 aromatic heterocycles. The summed E-state index contributed by atoms with van der Waals surface area (Å²) in [5, 5.41) is 4.32. The van der Waals surface area contributed by atoms with Crippen LogP contribution >= 0.6 is 0 Å². The van der Waals surface area contributed by atoms with Crippen molar-refractivity contribution >= 4 is 5.78 Å². The fraction of sp³-hybridized carbons (Fsp3) is 0.500. The van der Waals surface area contributed by atoms with Crippen molar-refractivity contribution in [1.29, 1.82) is 0 Å². The van der Waals surface area contributed by atoms with Gasteiger partial charge in [-0.1, -0.05) is 6.58 Å². The molecule has 0 aliphatic heterocycles. The first-order valence-corrected chi connectivity index (χ1v) is 5.11. The molecule has 0 atom stereocenters. The molecular weight excluding hydrogens is 188 g/mol. The van der Waals surface area contributed by atoms with Crippen LogP contribution in [0.3, 0.4) is 0 Å². The van der Waals surface area contributed by atoms with Crippen LogP contribution in [0.15, 0.2) is 12.2 Å². The number of aryl methyl sites for hydroxylation is 2. The topological polar surface area (TPSA) is 34.9 Å². The lowest BCUT2D eigenvalue weighted by Gasteiger charge is -2.01. The van der Waals surface area contributed by atoms with Gasteiger partial charge >= 0.3 is 0 Å². The Bertz CT molecular complexity index is 402. The van der Waals surface area contributed by atoms with E-state index in [9.17, 15) is 4.79 Å². The number of rotatable bonds is 4. The number of aromatic nitrogens is 2. The number of hydrogen-bond donors (Lipinski definition) is 0. The first kappa shape index (κ1) is 11.7. The number of ketones is 1. The molecule has 1 aromatic rings. The highest BCUT2D eigenvalue weighted by Crippen LogP contribution is 2.14. The molecule has 3 heteroatoms. The Morgan fingerprint density at radius 2 is 2.07 bits per heavy atom. The van der Waals surface area contributed by atoms with Gasteiger partial charge < -0.3 is 0 Å². The first-order valence-electron chi connectivity index (χ1n) is 5.11. The van der Waals surface area contributed by atoms with Gasteiger partial charge in [-0.05, 0) is 38.3 Å². The van der Waals surface area contributed by atoms with Gasteiger partial charge in [0.15, 0.2) is 5.78 Å². The van der Waals surface area contributed by atoms with Gasteiger partial charge in [0, 0.05) is 19.2 Å². The highest BCUT2D eigenvalue weighted by molar-refractivity contribution is 5.94. The third-order valence-corrected chi connectivity index (χ3v) is 2.74. The van der Waals surface area contributed by atoms with E-state index >= 15 is 0 Å². The molecule has 1 heterocycles. The average molecular weight is 206 g/mol. The Labute approximate surface area is 90.8 Å². The molecule has 0 bridgehead atoms. The zero-order chi connectivity index (χ0) is 11.6. The van der Waals surface area contributed by atoms with Crippen molar-refractivity contribution in [2.45, 2.75) is 33.6 Å². The van der Waals surface area contributed by atoms with Crippen LogP contribution in [0.4, 0.5) is 0 Å². The van der Waals surface area contributed by atoms with Crippen LogP contribution < -0.4 is 0 Å². The van der Waals surface area contributed by atoms with Gasteiger partial charge in [0.25, 0.3) is 0 Å². The monoisotopic (exact) mass is 206 g/mol. The van der Waals surface area contributed by atoms with Gasteiger partial charge in [-0.15, -0.1) is 0 Å². The SMILES string of the molecule is C=C(C)C(=O)CCc1c(C)nn(C)c1C. The van der Waals surface area contributed by atoms with Gasteiger partial charge in [0.1, 0.15) is 0 Å². The van der Waals surface area contributed by atoms with E-state index in [1.54, 1.807) is 6.92 Å². The van der Waals surface area contributed by atoms with Crippen molar-refractivity contribution in [3.63, 3.8) is 0 Å². The Kier molecular flexibility index (Phi) is 3.45. The van der Waals surface area contributed by atoms with E-state index in [0.29, 0.717) is 12.0 Å². The van der Waals surface area contributed by atoms with E-state index in [4.69, 9.17) is 0 Å². The van der Waals surface area contributed by atoms with E-state index in [2.05, 4.69) is 11.7 Å². The van der Waals surface area contributed by atoms with Gasteiger partial charge in [-0.2, -0.15) is 5.10 Å². The van der Waals surface area contributed by atoms with Gasteiger partial charge in [-0.3, -0.25) is 9.48 Å². The molecule has 0 saturated carbocycles. The molecule has 0 saturated heterocycles. The molecule has 0 aliphatic carbocycles. The highest BCUT2D eigenvalue weighted by Gasteiger charge is 2.11. The normalized spacial score (nSPS) is 10.4. The Balaban J connectivity index is 2.73. The number of Topliss-reactive ketones (excluding diaryl/α,β-unsaturated/α-hetero) is 1. The zero-order valence-corrected chi connectivity index (χ0v) is 9.92. The summed E-state index contributed by atoms with van der Waals surface area (Å²) < 4.78 is 1.86. The summed E-state index contributed by atoms with van der Waals surface area (Å²) in [5.41, 5.74) is 3.98. The molecule has 15 heavy (non-hydrogen) atoms. The first-order chi connectivity index (χ1) is 6.93. The maximum absolute atomic E-state index is 11.4. The number of carbonyl (C=O) groups is 1. The van der Waals surface area contributed by atoms with E-state index in [1.807, 2.05) is 25.6 Å². The summed E-state index contributed by atoms with van der Waals surface area (Å²) in [7, 11) is 1.92. The molecule has 0 aliphatic rings. The van der Waals surface area contributed by atoms with Crippen molar-refractivity contribution in [2.24, 2.45) is 7.05 Å². The summed E-state index contributed by atoms with van der Waals surface area (Å²) in [4.78, 5) is 11.4. The molecular formula is C12H18N2O. The molecule has 1 rings (SSSR count). The number of hydrogen-bond acceptors (Lipinski definition) is 2. The van der Waals surface area contributed by atoms with Crippen molar-refractivity contribution in [1.82, 2.24) is 9.78 Å². The van der Waals surface area contributed by atoms with Crippen molar-refractivity contribution in [3.05, 3.63) is 29.1 Å². The number of allylic oxidation sites excluding steroid dienone is 1. The third kappa shape index (κ3) is 2.55. The number of carbonyl (C=O) groups excluding carboxylic acids is 1. The molecule has 0 aromatic carbocycles. The molecule has 0 unspecified atom stereocenters. The van der Waals surface area contributed by atoms with Crippen LogP contribution in [0.25, 0.3) is 0 Å².